The number of carbonyl (C=O) groups excluding carboxylic acids is 1. The molecule has 1 atom stereocenters. The third kappa shape index (κ3) is 3.54. The van der Waals surface area contributed by atoms with Crippen LogP contribution in [0.15, 0.2) is 48.5 Å². The van der Waals surface area contributed by atoms with Crippen molar-refractivity contribution in [1.29, 1.82) is 0 Å². The van der Waals surface area contributed by atoms with E-state index in [0.717, 1.165) is 19.9 Å². The first-order chi connectivity index (χ1) is 12.7. The van der Waals surface area contributed by atoms with Crippen LogP contribution in [0, 0.1) is 5.82 Å². The number of nitrogens with zero attached hydrogens (tertiary/aromatic N) is 3. The van der Waals surface area contributed by atoms with Crippen LogP contribution < -0.4 is 9.21 Å². The Hall–Kier alpha value is -2.45. The highest BCUT2D eigenvalue weighted by Crippen LogP contribution is 2.32. The van der Waals surface area contributed by atoms with Crippen molar-refractivity contribution in [3.63, 3.8) is 0 Å². The summed E-state index contributed by atoms with van der Waals surface area (Å²) in [5, 5.41) is 0. The van der Waals surface area contributed by atoms with Gasteiger partial charge in [-0.3, -0.25) is 4.79 Å². The molecule has 0 radical (unpaired) electrons. The van der Waals surface area contributed by atoms with Crippen LogP contribution in [-0.4, -0.2) is 45.3 Å². The number of benzene rings is 2. The van der Waals surface area contributed by atoms with Gasteiger partial charge < -0.3 is 4.90 Å². The first-order valence-electron chi connectivity index (χ1n) is 8.58. The smallest absolute Gasteiger partial charge is 0.304 e. The van der Waals surface area contributed by atoms with Crippen molar-refractivity contribution in [2.45, 2.75) is 19.4 Å². The van der Waals surface area contributed by atoms with Crippen molar-refractivity contribution in [3.05, 3.63) is 59.9 Å². The topological polar surface area (TPSA) is 60.9 Å². The summed E-state index contributed by atoms with van der Waals surface area (Å²) in [5.74, 6) is -1.10. The predicted molar refractivity (Wildman–Crippen MR) is 103 cm³/mol. The normalized spacial score (nSPS) is 16.5. The van der Waals surface area contributed by atoms with E-state index in [-0.39, 0.29) is 11.7 Å². The van der Waals surface area contributed by atoms with Crippen LogP contribution in [0.5, 0.6) is 0 Å². The second-order valence-electron chi connectivity index (χ2n) is 6.69. The minimum Gasteiger partial charge on any atom is -0.307 e. The monoisotopic (exact) mass is 391 g/mol. The molecule has 0 bridgehead atoms. The number of rotatable bonds is 5. The van der Waals surface area contributed by atoms with E-state index in [9.17, 15) is 17.6 Å². The van der Waals surface area contributed by atoms with Gasteiger partial charge in [0.15, 0.2) is 0 Å². The summed E-state index contributed by atoms with van der Waals surface area (Å²) in [6.45, 7) is 1.42. The molecule has 1 heterocycles. The van der Waals surface area contributed by atoms with Crippen LogP contribution in [-0.2, 0) is 21.4 Å². The summed E-state index contributed by atoms with van der Waals surface area (Å²) in [4.78, 5) is 14.7. The van der Waals surface area contributed by atoms with Crippen LogP contribution in [0.25, 0.3) is 0 Å². The molecule has 2 aromatic rings. The zero-order chi connectivity index (χ0) is 19.8. The minimum absolute atomic E-state index is 0.0977. The van der Waals surface area contributed by atoms with Gasteiger partial charge in [-0.25, -0.2) is 8.70 Å². The second-order valence-corrected chi connectivity index (χ2v) is 8.76. The molecule has 0 aliphatic carbocycles. The Balaban J connectivity index is 1.98. The molecule has 0 spiro atoms. The molecule has 6 nitrogen and oxygen atoms in total. The van der Waals surface area contributed by atoms with E-state index in [2.05, 4.69) is 0 Å². The van der Waals surface area contributed by atoms with Crippen LogP contribution in [0.4, 0.5) is 15.8 Å². The number of fused-ring (bicyclic) bond motifs is 1. The first-order valence-corrected chi connectivity index (χ1v) is 9.98. The molecule has 1 aliphatic heterocycles. The highest BCUT2D eigenvalue weighted by atomic mass is 32.2. The molecule has 0 aromatic heterocycles. The maximum absolute atomic E-state index is 14.3. The SMILES string of the molecule is C[C@H]1Cc2ccccc2N1C(=O)CN(c1ccccc1F)S(=O)(=O)N(C)C. The minimum atomic E-state index is -4.05. The van der Waals surface area contributed by atoms with Crippen molar-refractivity contribution >= 4 is 27.5 Å². The fourth-order valence-electron chi connectivity index (χ4n) is 3.29. The van der Waals surface area contributed by atoms with E-state index < -0.39 is 28.5 Å². The fourth-order valence-corrected chi connectivity index (χ4v) is 4.35. The predicted octanol–water partition coefficient (Wildman–Crippen LogP) is 2.42. The molecule has 0 N–H and O–H groups in total. The number of hydrogen-bond acceptors (Lipinski definition) is 3. The molecule has 0 saturated heterocycles. The van der Waals surface area contributed by atoms with E-state index >= 15 is 0 Å². The Morgan fingerprint density at radius 2 is 1.78 bits per heavy atom. The van der Waals surface area contributed by atoms with Gasteiger partial charge in [-0.15, -0.1) is 0 Å². The molecule has 144 valence electrons. The molecule has 0 fully saturated rings. The summed E-state index contributed by atoms with van der Waals surface area (Å²) >= 11 is 0. The molecule has 8 heteroatoms. The van der Waals surface area contributed by atoms with Gasteiger partial charge in [-0.05, 0) is 37.1 Å². The van der Waals surface area contributed by atoms with Crippen LogP contribution in [0.2, 0.25) is 0 Å². The lowest BCUT2D eigenvalue weighted by Gasteiger charge is -2.30. The molecule has 1 aliphatic rings. The van der Waals surface area contributed by atoms with Gasteiger partial charge in [-0.1, -0.05) is 30.3 Å². The van der Waals surface area contributed by atoms with Crippen LogP contribution in [0.3, 0.4) is 0 Å². The van der Waals surface area contributed by atoms with Gasteiger partial charge >= 0.3 is 10.2 Å². The van der Waals surface area contributed by atoms with E-state index in [1.807, 2.05) is 31.2 Å². The highest BCUT2D eigenvalue weighted by molar-refractivity contribution is 7.90. The lowest BCUT2D eigenvalue weighted by atomic mass is 10.1. The van der Waals surface area contributed by atoms with Crippen molar-refractivity contribution in [1.82, 2.24) is 4.31 Å². The van der Waals surface area contributed by atoms with E-state index in [1.54, 1.807) is 4.90 Å². The molecule has 1 amide bonds. The Bertz CT molecular complexity index is 962. The lowest BCUT2D eigenvalue weighted by molar-refractivity contribution is -0.117. The largest absolute Gasteiger partial charge is 0.307 e. The zero-order valence-corrected chi connectivity index (χ0v) is 16.3. The van der Waals surface area contributed by atoms with Gasteiger partial charge in [0, 0.05) is 25.8 Å². The lowest BCUT2D eigenvalue weighted by Crippen LogP contribution is -2.48. The number of para-hydroxylation sites is 2. The summed E-state index contributed by atoms with van der Waals surface area (Å²) in [6, 6.07) is 13.0. The van der Waals surface area contributed by atoms with Crippen LogP contribution in [0.1, 0.15) is 12.5 Å². The van der Waals surface area contributed by atoms with Crippen molar-refractivity contribution in [3.8, 4) is 0 Å². The molecule has 0 unspecified atom stereocenters. The molecular formula is C19H22FN3O3S. The third-order valence-corrected chi connectivity index (χ3v) is 6.42. The number of halogens is 1. The van der Waals surface area contributed by atoms with E-state index in [1.165, 1.54) is 38.4 Å². The van der Waals surface area contributed by atoms with E-state index in [0.29, 0.717) is 6.42 Å². The van der Waals surface area contributed by atoms with Crippen molar-refractivity contribution in [2.24, 2.45) is 0 Å². The fraction of sp³-hybridized carbons (Fsp3) is 0.316. The molecule has 2 aromatic carbocycles. The third-order valence-electron chi connectivity index (χ3n) is 4.62. The Morgan fingerprint density at radius 3 is 2.44 bits per heavy atom. The quantitative estimate of drug-likeness (QED) is 0.786. The van der Waals surface area contributed by atoms with Crippen molar-refractivity contribution < 1.29 is 17.6 Å². The standard InChI is InChI=1S/C19H22FN3O3S/c1-14-12-15-8-4-6-10-17(15)23(14)19(24)13-22(27(25,26)21(2)3)18-11-7-5-9-16(18)20/h4-11,14H,12-13H2,1-3H3/t14-/m0/s1. The molecule has 3 rings (SSSR count). The van der Waals surface area contributed by atoms with Gasteiger partial charge in [0.25, 0.3) is 0 Å². The number of amides is 1. The van der Waals surface area contributed by atoms with Gasteiger partial charge in [0.2, 0.25) is 5.91 Å². The second kappa shape index (κ2) is 7.28. The van der Waals surface area contributed by atoms with Gasteiger partial charge in [0.05, 0.1) is 5.69 Å². The summed E-state index contributed by atoms with van der Waals surface area (Å²) in [6.07, 6.45) is 0.696. The Kier molecular flexibility index (Phi) is 5.21. The Morgan fingerprint density at radius 1 is 1.15 bits per heavy atom. The number of carbonyl (C=O) groups is 1. The average Bonchev–Trinajstić information content (AvgIpc) is 2.95. The summed E-state index contributed by atoms with van der Waals surface area (Å²) in [5.41, 5.74) is 1.65. The van der Waals surface area contributed by atoms with Gasteiger partial charge in [0.1, 0.15) is 12.4 Å². The highest BCUT2D eigenvalue weighted by Gasteiger charge is 2.35. The summed E-state index contributed by atoms with van der Waals surface area (Å²) in [7, 11) is -1.36. The molecule has 27 heavy (non-hydrogen) atoms. The number of hydrogen-bond donors (Lipinski definition) is 0. The number of anilines is 2. The summed E-state index contributed by atoms with van der Waals surface area (Å²) < 4.78 is 41.7. The van der Waals surface area contributed by atoms with Gasteiger partial charge in [-0.2, -0.15) is 12.7 Å². The molecule has 0 saturated carbocycles. The van der Waals surface area contributed by atoms with Crippen molar-refractivity contribution in [2.75, 3.05) is 29.8 Å². The van der Waals surface area contributed by atoms with Crippen LogP contribution >= 0.6 is 0 Å². The molecular weight excluding hydrogens is 369 g/mol. The maximum Gasteiger partial charge on any atom is 0.304 e. The first kappa shape index (κ1) is 19.3. The average molecular weight is 391 g/mol. The Labute approximate surface area is 159 Å². The maximum atomic E-state index is 14.3. The van der Waals surface area contributed by atoms with E-state index in [4.69, 9.17) is 0 Å². The zero-order valence-electron chi connectivity index (χ0n) is 15.5.